The van der Waals surface area contributed by atoms with Crippen LogP contribution in [-0.2, 0) is 26.2 Å². The molecule has 2 rings (SSSR count). The number of hydrogen-bond acceptors (Lipinski definition) is 4. The van der Waals surface area contributed by atoms with Gasteiger partial charge in [0.25, 0.3) is 0 Å². The lowest BCUT2D eigenvalue weighted by atomic mass is 10.1. The van der Waals surface area contributed by atoms with Crippen LogP contribution in [0.25, 0.3) is 0 Å². The van der Waals surface area contributed by atoms with Crippen molar-refractivity contribution in [3.63, 3.8) is 0 Å². The highest BCUT2D eigenvalue weighted by molar-refractivity contribution is 9.10. The third-order valence-electron chi connectivity index (χ3n) is 5.23. The quantitative estimate of drug-likeness (QED) is 0.441. The summed E-state index contributed by atoms with van der Waals surface area (Å²) >= 11 is 3.34. The second-order valence-corrected chi connectivity index (χ2v) is 10.9. The van der Waals surface area contributed by atoms with Crippen molar-refractivity contribution >= 4 is 43.5 Å². The summed E-state index contributed by atoms with van der Waals surface area (Å²) in [7, 11) is -3.73. The predicted octanol–water partition coefficient (Wildman–Crippen LogP) is 3.86. The van der Waals surface area contributed by atoms with Crippen molar-refractivity contribution in [3.8, 4) is 0 Å². The van der Waals surface area contributed by atoms with E-state index in [4.69, 9.17) is 0 Å². The first-order chi connectivity index (χ1) is 15.5. The molecular weight excluding hydrogens is 506 g/mol. The summed E-state index contributed by atoms with van der Waals surface area (Å²) < 4.78 is 26.9. The highest BCUT2D eigenvalue weighted by Gasteiger charge is 2.30. The van der Waals surface area contributed by atoms with E-state index in [1.807, 2.05) is 38.1 Å². The number of unbranched alkanes of at least 4 members (excludes halogenated alkanes) is 1. The lowest BCUT2D eigenvalue weighted by molar-refractivity contribution is -0.139. The van der Waals surface area contributed by atoms with Crippen LogP contribution in [-0.4, -0.2) is 50.5 Å². The van der Waals surface area contributed by atoms with Gasteiger partial charge in [0.15, 0.2) is 0 Å². The van der Waals surface area contributed by atoms with E-state index in [0.29, 0.717) is 12.2 Å². The predicted molar refractivity (Wildman–Crippen MR) is 135 cm³/mol. The highest BCUT2D eigenvalue weighted by Crippen LogP contribution is 2.21. The molecule has 2 amide bonds. The number of amides is 2. The van der Waals surface area contributed by atoms with Crippen LogP contribution in [0.2, 0.25) is 0 Å². The Labute approximate surface area is 205 Å². The summed E-state index contributed by atoms with van der Waals surface area (Å²) in [4.78, 5) is 27.6. The number of aryl methyl sites for hydroxylation is 1. The SMILES string of the molecule is CCCCNC(=O)[C@@H](C)N(Cc1cccc(C)c1)C(=O)CN(c1ccc(Br)cc1)S(C)(=O)=O. The topological polar surface area (TPSA) is 86.8 Å². The van der Waals surface area contributed by atoms with E-state index in [2.05, 4.69) is 21.2 Å². The number of halogens is 1. The number of nitrogens with one attached hydrogen (secondary N) is 1. The summed E-state index contributed by atoms with van der Waals surface area (Å²) in [6.45, 7) is 5.97. The van der Waals surface area contributed by atoms with Gasteiger partial charge in [-0.05, 0) is 50.1 Å². The molecule has 1 atom stereocenters. The summed E-state index contributed by atoms with van der Waals surface area (Å²) in [5, 5.41) is 2.87. The molecule has 0 unspecified atom stereocenters. The van der Waals surface area contributed by atoms with Crippen LogP contribution >= 0.6 is 15.9 Å². The van der Waals surface area contributed by atoms with Crippen LogP contribution in [0.5, 0.6) is 0 Å². The number of nitrogens with zero attached hydrogens (tertiary/aromatic N) is 2. The van der Waals surface area contributed by atoms with Crippen LogP contribution in [0, 0.1) is 6.92 Å². The number of sulfonamides is 1. The van der Waals surface area contributed by atoms with Gasteiger partial charge >= 0.3 is 0 Å². The third kappa shape index (κ3) is 8.16. The van der Waals surface area contributed by atoms with Gasteiger partial charge in [-0.3, -0.25) is 13.9 Å². The largest absolute Gasteiger partial charge is 0.354 e. The Bertz CT molecular complexity index is 1060. The number of anilines is 1. The molecule has 9 heteroatoms. The second-order valence-electron chi connectivity index (χ2n) is 8.08. The molecule has 33 heavy (non-hydrogen) atoms. The molecule has 7 nitrogen and oxygen atoms in total. The summed E-state index contributed by atoms with van der Waals surface area (Å²) in [6.07, 6.45) is 2.85. The van der Waals surface area contributed by atoms with Gasteiger partial charge in [-0.25, -0.2) is 8.42 Å². The first-order valence-electron chi connectivity index (χ1n) is 10.9. The molecule has 0 aliphatic heterocycles. The number of carbonyl (C=O) groups excluding carboxylic acids is 2. The zero-order valence-corrected chi connectivity index (χ0v) is 21.9. The standard InChI is InChI=1S/C24H32BrN3O4S/c1-5-6-14-26-24(30)19(3)27(16-20-9-7-8-18(2)15-20)23(29)17-28(33(4,31)32)22-12-10-21(25)11-13-22/h7-13,15,19H,5-6,14,16-17H2,1-4H3,(H,26,30)/t19-/m1/s1. The van der Waals surface area contributed by atoms with Crippen molar-refractivity contribution in [2.75, 3.05) is 23.7 Å². The van der Waals surface area contributed by atoms with Gasteiger partial charge in [0.2, 0.25) is 21.8 Å². The van der Waals surface area contributed by atoms with Gasteiger partial charge in [0.05, 0.1) is 11.9 Å². The fourth-order valence-corrected chi connectivity index (χ4v) is 4.46. The van der Waals surface area contributed by atoms with Gasteiger partial charge in [-0.2, -0.15) is 0 Å². The van der Waals surface area contributed by atoms with Crippen LogP contribution in [0.15, 0.2) is 53.0 Å². The summed E-state index contributed by atoms with van der Waals surface area (Å²) in [6, 6.07) is 13.6. The summed E-state index contributed by atoms with van der Waals surface area (Å²) in [5.74, 6) is -0.720. The maximum Gasteiger partial charge on any atom is 0.244 e. The van der Waals surface area contributed by atoms with E-state index in [-0.39, 0.29) is 12.5 Å². The van der Waals surface area contributed by atoms with E-state index in [0.717, 1.165) is 39.0 Å². The average Bonchev–Trinajstić information content (AvgIpc) is 2.75. The summed E-state index contributed by atoms with van der Waals surface area (Å²) in [5.41, 5.74) is 2.28. The highest BCUT2D eigenvalue weighted by atomic mass is 79.9. The van der Waals surface area contributed by atoms with Gasteiger partial charge in [-0.15, -0.1) is 0 Å². The van der Waals surface area contributed by atoms with Crippen molar-refractivity contribution < 1.29 is 18.0 Å². The van der Waals surface area contributed by atoms with Crippen LogP contribution < -0.4 is 9.62 Å². The Hall–Kier alpha value is -2.39. The number of benzene rings is 2. The van der Waals surface area contributed by atoms with Crippen molar-refractivity contribution in [3.05, 3.63) is 64.1 Å². The lowest BCUT2D eigenvalue weighted by Gasteiger charge is -2.31. The maximum atomic E-state index is 13.4. The lowest BCUT2D eigenvalue weighted by Crippen LogP contribution is -2.51. The van der Waals surface area contributed by atoms with E-state index in [1.165, 1.54) is 4.90 Å². The Balaban J connectivity index is 2.33. The van der Waals surface area contributed by atoms with Gasteiger partial charge in [-0.1, -0.05) is 59.1 Å². The molecule has 0 spiro atoms. The molecule has 1 N–H and O–H groups in total. The molecule has 0 radical (unpaired) electrons. The van der Waals surface area contributed by atoms with Crippen molar-refractivity contribution in [1.82, 2.24) is 10.2 Å². The van der Waals surface area contributed by atoms with Gasteiger partial charge in [0.1, 0.15) is 12.6 Å². The average molecular weight is 539 g/mol. The molecule has 0 saturated carbocycles. The van der Waals surface area contributed by atoms with E-state index in [1.54, 1.807) is 31.2 Å². The minimum absolute atomic E-state index is 0.195. The zero-order chi connectivity index (χ0) is 24.6. The number of carbonyl (C=O) groups is 2. The molecule has 0 aliphatic carbocycles. The van der Waals surface area contributed by atoms with Crippen LogP contribution in [0.3, 0.4) is 0 Å². The first kappa shape index (κ1) is 26.9. The Morgan fingerprint density at radius 1 is 1.12 bits per heavy atom. The molecule has 0 fully saturated rings. The van der Waals surface area contributed by atoms with Crippen LogP contribution in [0.1, 0.15) is 37.8 Å². The van der Waals surface area contributed by atoms with Crippen molar-refractivity contribution in [2.24, 2.45) is 0 Å². The monoisotopic (exact) mass is 537 g/mol. The Kier molecular flexibility index (Phi) is 9.91. The molecule has 180 valence electrons. The molecule has 2 aromatic carbocycles. The second kappa shape index (κ2) is 12.2. The van der Waals surface area contributed by atoms with E-state index < -0.39 is 28.5 Å². The Morgan fingerprint density at radius 2 is 1.79 bits per heavy atom. The molecule has 2 aromatic rings. The zero-order valence-electron chi connectivity index (χ0n) is 19.5. The molecule has 0 saturated heterocycles. The molecular formula is C24H32BrN3O4S. The van der Waals surface area contributed by atoms with E-state index in [9.17, 15) is 18.0 Å². The minimum atomic E-state index is -3.73. The van der Waals surface area contributed by atoms with Crippen LogP contribution in [0.4, 0.5) is 5.69 Å². The molecule has 0 aliphatic rings. The normalized spacial score (nSPS) is 12.2. The van der Waals surface area contributed by atoms with Crippen molar-refractivity contribution in [2.45, 2.75) is 46.2 Å². The number of rotatable bonds is 11. The smallest absolute Gasteiger partial charge is 0.244 e. The van der Waals surface area contributed by atoms with Crippen molar-refractivity contribution in [1.29, 1.82) is 0 Å². The maximum absolute atomic E-state index is 13.4. The Morgan fingerprint density at radius 3 is 2.36 bits per heavy atom. The molecule has 0 aromatic heterocycles. The number of hydrogen-bond donors (Lipinski definition) is 1. The fourth-order valence-electron chi connectivity index (χ4n) is 3.35. The van der Waals surface area contributed by atoms with E-state index >= 15 is 0 Å². The minimum Gasteiger partial charge on any atom is -0.354 e. The molecule has 0 heterocycles. The molecule has 0 bridgehead atoms. The van der Waals surface area contributed by atoms with Gasteiger partial charge in [0, 0.05) is 17.6 Å². The first-order valence-corrected chi connectivity index (χ1v) is 13.5. The van der Waals surface area contributed by atoms with Gasteiger partial charge < -0.3 is 10.2 Å². The fraction of sp³-hybridized carbons (Fsp3) is 0.417. The third-order valence-corrected chi connectivity index (χ3v) is 6.90.